The molecule has 0 aliphatic heterocycles. The van der Waals surface area contributed by atoms with Crippen molar-refractivity contribution in [3.63, 3.8) is 0 Å². The number of rotatable bonds is 12. The summed E-state index contributed by atoms with van der Waals surface area (Å²) in [5.74, 6) is -1.35. The summed E-state index contributed by atoms with van der Waals surface area (Å²) in [5, 5.41) is 18.7. The molecule has 0 unspecified atom stereocenters. The van der Waals surface area contributed by atoms with Crippen LogP contribution in [0.4, 0.5) is 0 Å². The summed E-state index contributed by atoms with van der Waals surface area (Å²) in [7, 11) is 0. The van der Waals surface area contributed by atoms with E-state index in [1.54, 1.807) is 6.08 Å². The Morgan fingerprint density at radius 1 is 1.16 bits per heavy atom. The van der Waals surface area contributed by atoms with Crippen molar-refractivity contribution in [2.45, 2.75) is 70.8 Å². The lowest BCUT2D eigenvalue weighted by Crippen LogP contribution is -2.18. The molecular formula is C20H30O5. The van der Waals surface area contributed by atoms with Gasteiger partial charge in [-0.2, -0.15) is 0 Å². The SMILES string of the molecule is CCCCCC(=O)/C=C/[C@@H]1[C@H](O)CC(=O)[C@@H]1CC=CCCCC(=O)O. The van der Waals surface area contributed by atoms with Crippen molar-refractivity contribution < 1.29 is 24.6 Å². The molecule has 0 spiro atoms. The van der Waals surface area contributed by atoms with Crippen LogP contribution in [0.5, 0.6) is 0 Å². The summed E-state index contributed by atoms with van der Waals surface area (Å²) in [6.07, 6.45) is 11.8. The van der Waals surface area contributed by atoms with Crippen LogP contribution in [0.3, 0.4) is 0 Å². The van der Waals surface area contributed by atoms with E-state index < -0.39 is 12.1 Å². The second-order valence-corrected chi connectivity index (χ2v) is 6.70. The minimum Gasteiger partial charge on any atom is -0.481 e. The highest BCUT2D eigenvalue weighted by molar-refractivity contribution is 5.90. The molecule has 1 aliphatic carbocycles. The normalized spacial score (nSPS) is 23.8. The Kier molecular flexibility index (Phi) is 10.0. The number of allylic oxidation sites excluding steroid dienone is 3. The molecule has 5 heteroatoms. The Hall–Kier alpha value is -1.75. The maximum absolute atomic E-state index is 12.1. The van der Waals surface area contributed by atoms with Gasteiger partial charge in [0.05, 0.1) is 6.10 Å². The van der Waals surface area contributed by atoms with Gasteiger partial charge in [0.2, 0.25) is 0 Å². The molecule has 0 aromatic rings. The van der Waals surface area contributed by atoms with Crippen molar-refractivity contribution in [2.75, 3.05) is 0 Å². The molecule has 1 aliphatic rings. The fraction of sp³-hybridized carbons (Fsp3) is 0.650. The lowest BCUT2D eigenvalue weighted by molar-refractivity contribution is -0.137. The topological polar surface area (TPSA) is 91.7 Å². The van der Waals surface area contributed by atoms with Crippen molar-refractivity contribution in [3.8, 4) is 0 Å². The van der Waals surface area contributed by atoms with Gasteiger partial charge in [0.15, 0.2) is 5.78 Å². The molecule has 0 bridgehead atoms. The highest BCUT2D eigenvalue weighted by Gasteiger charge is 2.39. The summed E-state index contributed by atoms with van der Waals surface area (Å²) >= 11 is 0. The number of carbonyl (C=O) groups is 3. The predicted molar refractivity (Wildman–Crippen MR) is 96.1 cm³/mol. The molecule has 2 N–H and O–H groups in total. The molecule has 0 saturated heterocycles. The Labute approximate surface area is 149 Å². The van der Waals surface area contributed by atoms with Crippen LogP contribution in [0.2, 0.25) is 0 Å². The van der Waals surface area contributed by atoms with Crippen molar-refractivity contribution in [2.24, 2.45) is 11.8 Å². The first-order chi connectivity index (χ1) is 12.0. The third-order valence-electron chi connectivity index (χ3n) is 4.58. The van der Waals surface area contributed by atoms with Gasteiger partial charge in [-0.3, -0.25) is 14.4 Å². The lowest BCUT2D eigenvalue weighted by atomic mass is 9.90. The number of carboxylic acids is 1. The lowest BCUT2D eigenvalue weighted by Gasteiger charge is -2.15. The predicted octanol–water partition coefficient (Wildman–Crippen LogP) is 3.46. The van der Waals surface area contributed by atoms with Crippen LogP contribution in [-0.2, 0) is 14.4 Å². The molecule has 5 nitrogen and oxygen atoms in total. The molecule has 1 saturated carbocycles. The van der Waals surface area contributed by atoms with Crippen molar-refractivity contribution in [3.05, 3.63) is 24.3 Å². The van der Waals surface area contributed by atoms with E-state index in [1.165, 1.54) is 6.08 Å². The van der Waals surface area contributed by atoms with E-state index in [9.17, 15) is 19.5 Å². The van der Waals surface area contributed by atoms with Crippen molar-refractivity contribution >= 4 is 17.5 Å². The number of aliphatic carboxylic acids is 1. The third kappa shape index (κ3) is 8.25. The molecule has 0 aromatic carbocycles. The molecule has 0 radical (unpaired) electrons. The van der Waals surface area contributed by atoms with Gasteiger partial charge in [0, 0.05) is 31.1 Å². The maximum atomic E-state index is 12.1. The molecule has 0 heterocycles. The van der Waals surface area contributed by atoms with E-state index in [4.69, 9.17) is 5.11 Å². The fourth-order valence-electron chi connectivity index (χ4n) is 3.11. The second kappa shape index (κ2) is 11.7. The minimum atomic E-state index is -0.809. The molecule has 140 valence electrons. The monoisotopic (exact) mass is 350 g/mol. The van der Waals surface area contributed by atoms with E-state index in [0.29, 0.717) is 25.7 Å². The quantitative estimate of drug-likeness (QED) is 0.319. The molecular weight excluding hydrogens is 320 g/mol. The van der Waals surface area contributed by atoms with Gasteiger partial charge in [-0.15, -0.1) is 0 Å². The zero-order valence-corrected chi connectivity index (χ0v) is 15.0. The zero-order valence-electron chi connectivity index (χ0n) is 15.0. The number of aliphatic hydroxyl groups is 1. The van der Waals surface area contributed by atoms with Crippen LogP contribution < -0.4 is 0 Å². The van der Waals surface area contributed by atoms with Crippen LogP contribution in [0.25, 0.3) is 0 Å². The fourth-order valence-corrected chi connectivity index (χ4v) is 3.11. The molecule has 1 fully saturated rings. The average Bonchev–Trinajstić information content (AvgIpc) is 2.82. The first-order valence-electron chi connectivity index (χ1n) is 9.24. The third-order valence-corrected chi connectivity index (χ3v) is 4.58. The summed E-state index contributed by atoms with van der Waals surface area (Å²) in [5.41, 5.74) is 0. The van der Waals surface area contributed by atoms with Gasteiger partial charge in [0.25, 0.3) is 0 Å². The molecule has 0 amide bonds. The second-order valence-electron chi connectivity index (χ2n) is 6.70. The van der Waals surface area contributed by atoms with Crippen LogP contribution in [0.1, 0.15) is 64.7 Å². The highest BCUT2D eigenvalue weighted by Crippen LogP contribution is 2.33. The van der Waals surface area contributed by atoms with Gasteiger partial charge in [-0.25, -0.2) is 0 Å². The Morgan fingerprint density at radius 3 is 2.60 bits per heavy atom. The number of ketones is 2. The number of carboxylic acid groups (broad SMARTS) is 1. The average molecular weight is 350 g/mol. The minimum absolute atomic E-state index is 0.0239. The Balaban J connectivity index is 2.49. The van der Waals surface area contributed by atoms with Gasteiger partial charge in [0.1, 0.15) is 5.78 Å². The number of Topliss-reactive ketones (excluding diaryl/α,β-unsaturated/α-hetero) is 1. The Morgan fingerprint density at radius 2 is 1.92 bits per heavy atom. The van der Waals surface area contributed by atoms with E-state index in [0.717, 1.165) is 19.3 Å². The first kappa shape index (κ1) is 21.3. The van der Waals surface area contributed by atoms with Gasteiger partial charge >= 0.3 is 5.97 Å². The summed E-state index contributed by atoms with van der Waals surface area (Å²) in [4.78, 5) is 34.4. The molecule has 0 aromatic heterocycles. The van der Waals surface area contributed by atoms with Gasteiger partial charge < -0.3 is 10.2 Å². The van der Waals surface area contributed by atoms with E-state index >= 15 is 0 Å². The number of unbranched alkanes of at least 4 members (excludes halogenated alkanes) is 3. The standard InChI is InChI=1S/C20H30O5/c1-2-3-6-9-15(21)12-13-17-16(18(22)14-19(17)23)10-7-4-5-8-11-20(24)25/h4,7,12-13,16-17,19,23H,2-3,5-6,8-11,14H2,1H3,(H,24,25)/b7-4?,13-12+/t16-,17+,19-/m1/s1. The smallest absolute Gasteiger partial charge is 0.303 e. The number of aliphatic hydroxyl groups excluding tert-OH is 1. The zero-order chi connectivity index (χ0) is 18.7. The van der Waals surface area contributed by atoms with Crippen LogP contribution in [0.15, 0.2) is 24.3 Å². The largest absolute Gasteiger partial charge is 0.481 e. The number of carbonyl (C=O) groups excluding carboxylic acids is 2. The van der Waals surface area contributed by atoms with Crippen LogP contribution in [0, 0.1) is 11.8 Å². The Bertz CT molecular complexity index is 506. The van der Waals surface area contributed by atoms with Gasteiger partial charge in [-0.1, -0.05) is 38.0 Å². The van der Waals surface area contributed by atoms with E-state index in [2.05, 4.69) is 6.92 Å². The summed E-state index contributed by atoms with van der Waals surface area (Å²) in [6.45, 7) is 2.08. The summed E-state index contributed by atoms with van der Waals surface area (Å²) < 4.78 is 0. The first-order valence-corrected chi connectivity index (χ1v) is 9.24. The number of hydrogen-bond acceptors (Lipinski definition) is 4. The van der Waals surface area contributed by atoms with Gasteiger partial charge in [-0.05, 0) is 31.8 Å². The molecule has 25 heavy (non-hydrogen) atoms. The highest BCUT2D eigenvalue weighted by atomic mass is 16.4. The summed E-state index contributed by atoms with van der Waals surface area (Å²) in [6, 6.07) is 0. The van der Waals surface area contributed by atoms with E-state index in [-0.39, 0.29) is 36.2 Å². The van der Waals surface area contributed by atoms with Crippen molar-refractivity contribution in [1.82, 2.24) is 0 Å². The molecule has 1 rings (SSSR count). The van der Waals surface area contributed by atoms with Crippen molar-refractivity contribution in [1.29, 1.82) is 0 Å². The van der Waals surface area contributed by atoms with E-state index in [1.807, 2.05) is 12.2 Å². The maximum Gasteiger partial charge on any atom is 0.303 e. The van der Waals surface area contributed by atoms with Crippen LogP contribution in [-0.4, -0.2) is 33.9 Å². The number of hydrogen-bond donors (Lipinski definition) is 2. The molecule has 3 atom stereocenters. The van der Waals surface area contributed by atoms with Crippen LogP contribution >= 0.6 is 0 Å².